The molecule has 1 aromatic carbocycles. The van der Waals surface area contributed by atoms with Crippen LogP contribution >= 0.6 is 39.1 Å². The predicted molar refractivity (Wildman–Crippen MR) is 58.8 cm³/mol. The quantitative estimate of drug-likeness (QED) is 0.815. The summed E-state index contributed by atoms with van der Waals surface area (Å²) in [6, 6.07) is 2.54. The highest BCUT2D eigenvalue weighted by Crippen LogP contribution is 2.34. The molecule has 0 saturated heterocycles. The van der Waals surface area contributed by atoms with Crippen LogP contribution in [-0.4, -0.2) is 12.1 Å². The van der Waals surface area contributed by atoms with E-state index < -0.39 is 12.1 Å². The van der Waals surface area contributed by atoms with E-state index in [1.807, 2.05) is 0 Å². The number of hydrogen-bond donors (Lipinski definition) is 1. The van der Waals surface area contributed by atoms with Crippen LogP contribution in [0.25, 0.3) is 0 Å². The topological polar surface area (TPSA) is 29.1 Å². The van der Waals surface area contributed by atoms with Crippen molar-refractivity contribution in [3.05, 3.63) is 26.7 Å². The number of carbonyl (C=O) groups is 1. The van der Waals surface area contributed by atoms with Crippen molar-refractivity contribution in [2.45, 2.75) is 6.18 Å². The molecule has 0 heterocycles. The van der Waals surface area contributed by atoms with Gasteiger partial charge in [0.2, 0.25) is 0 Å². The van der Waals surface area contributed by atoms with Gasteiger partial charge >= 0.3 is 12.1 Å². The van der Waals surface area contributed by atoms with E-state index in [9.17, 15) is 18.0 Å². The second-order valence-electron chi connectivity index (χ2n) is 2.70. The van der Waals surface area contributed by atoms with Crippen molar-refractivity contribution in [3.63, 3.8) is 0 Å². The summed E-state index contributed by atoms with van der Waals surface area (Å²) in [5.74, 6) is -2.10. The van der Waals surface area contributed by atoms with Crippen molar-refractivity contribution in [1.29, 1.82) is 0 Å². The Bertz CT molecular complexity index is 413. The van der Waals surface area contributed by atoms with Crippen LogP contribution < -0.4 is 5.32 Å². The normalized spacial score (nSPS) is 11.4. The predicted octanol–water partition coefficient (Wildman–Crippen LogP) is 4.26. The lowest BCUT2D eigenvalue weighted by Crippen LogP contribution is -2.30. The Kier molecular flexibility index (Phi) is 4.09. The van der Waals surface area contributed by atoms with Crippen molar-refractivity contribution in [1.82, 2.24) is 0 Å². The lowest BCUT2D eigenvalue weighted by Gasteiger charge is -2.11. The van der Waals surface area contributed by atoms with E-state index in [1.165, 1.54) is 12.1 Å². The minimum atomic E-state index is -4.97. The molecule has 0 bridgehead atoms. The minimum absolute atomic E-state index is 0.0861. The van der Waals surface area contributed by atoms with Gasteiger partial charge in [-0.15, -0.1) is 0 Å². The number of carbonyl (C=O) groups excluding carboxylic acids is 1. The highest BCUT2D eigenvalue weighted by Gasteiger charge is 2.39. The molecule has 0 aliphatic carbocycles. The summed E-state index contributed by atoms with van der Waals surface area (Å²) in [5, 5.41) is 1.80. The lowest BCUT2D eigenvalue weighted by atomic mass is 10.3. The van der Waals surface area contributed by atoms with Crippen molar-refractivity contribution in [2.75, 3.05) is 5.32 Å². The highest BCUT2D eigenvalue weighted by molar-refractivity contribution is 9.10. The van der Waals surface area contributed by atoms with Gasteiger partial charge in [0.05, 0.1) is 10.7 Å². The Hall–Kier alpha value is -0.460. The summed E-state index contributed by atoms with van der Waals surface area (Å²) in [6.45, 7) is 0. The molecular formula is C8H3BrCl2F3NO. The second-order valence-corrected chi connectivity index (χ2v) is 4.39. The fourth-order valence-electron chi connectivity index (χ4n) is 0.846. The van der Waals surface area contributed by atoms with Gasteiger partial charge in [-0.25, -0.2) is 0 Å². The molecular weight excluding hydrogens is 334 g/mol. The fraction of sp³-hybridized carbons (Fsp3) is 0.125. The number of hydrogen-bond acceptors (Lipinski definition) is 1. The molecule has 0 radical (unpaired) electrons. The summed E-state index contributed by atoms with van der Waals surface area (Å²) >= 11 is 14.2. The first-order chi connectivity index (χ1) is 7.21. The van der Waals surface area contributed by atoms with E-state index in [0.717, 1.165) is 0 Å². The van der Waals surface area contributed by atoms with E-state index in [4.69, 9.17) is 23.2 Å². The van der Waals surface area contributed by atoms with Crippen molar-refractivity contribution >= 4 is 50.7 Å². The Labute approximate surface area is 107 Å². The van der Waals surface area contributed by atoms with E-state index in [2.05, 4.69) is 15.9 Å². The third-order valence-electron chi connectivity index (χ3n) is 1.50. The average Bonchev–Trinajstić information content (AvgIpc) is 2.08. The Morgan fingerprint density at radius 3 is 2.31 bits per heavy atom. The van der Waals surface area contributed by atoms with E-state index in [1.54, 1.807) is 5.32 Å². The van der Waals surface area contributed by atoms with E-state index >= 15 is 0 Å². The van der Waals surface area contributed by atoms with Crippen LogP contribution in [0.15, 0.2) is 16.6 Å². The van der Waals surface area contributed by atoms with Crippen molar-refractivity contribution < 1.29 is 18.0 Å². The molecule has 88 valence electrons. The van der Waals surface area contributed by atoms with Crippen LogP contribution in [0.3, 0.4) is 0 Å². The van der Waals surface area contributed by atoms with E-state index in [-0.39, 0.29) is 20.2 Å². The average molecular weight is 337 g/mol. The molecule has 1 N–H and O–H groups in total. The zero-order chi connectivity index (χ0) is 12.5. The molecule has 0 aliphatic rings. The number of alkyl halides is 3. The highest BCUT2D eigenvalue weighted by atomic mass is 79.9. The van der Waals surface area contributed by atoms with Crippen LogP contribution in [0.5, 0.6) is 0 Å². The summed E-state index contributed by atoms with van der Waals surface area (Å²) in [6.07, 6.45) is -4.97. The van der Waals surface area contributed by atoms with Crippen molar-refractivity contribution in [2.24, 2.45) is 0 Å². The Morgan fingerprint density at radius 2 is 1.88 bits per heavy atom. The minimum Gasteiger partial charge on any atom is -0.316 e. The van der Waals surface area contributed by atoms with Crippen LogP contribution in [0.4, 0.5) is 18.9 Å². The molecule has 0 atom stereocenters. The molecule has 0 fully saturated rings. The number of nitrogens with one attached hydrogen (secondary N) is 1. The van der Waals surface area contributed by atoms with Gasteiger partial charge in [-0.05, 0) is 28.1 Å². The van der Waals surface area contributed by atoms with Gasteiger partial charge in [-0.1, -0.05) is 23.2 Å². The Balaban J connectivity index is 3.03. The third kappa shape index (κ3) is 3.26. The molecule has 2 nitrogen and oxygen atoms in total. The van der Waals surface area contributed by atoms with Crippen LogP contribution in [0.2, 0.25) is 10.0 Å². The largest absolute Gasteiger partial charge is 0.471 e. The summed E-state index contributed by atoms with van der Waals surface area (Å²) in [4.78, 5) is 10.7. The molecule has 0 aliphatic heterocycles. The molecule has 0 spiro atoms. The van der Waals surface area contributed by atoms with Gasteiger partial charge < -0.3 is 5.32 Å². The molecule has 1 rings (SSSR count). The molecule has 0 aromatic heterocycles. The molecule has 0 unspecified atom stereocenters. The number of anilines is 1. The molecule has 8 heteroatoms. The fourth-order valence-corrected chi connectivity index (χ4v) is 2.19. The second kappa shape index (κ2) is 4.81. The zero-order valence-electron chi connectivity index (χ0n) is 7.33. The molecule has 1 amide bonds. The van der Waals surface area contributed by atoms with Gasteiger partial charge in [0.1, 0.15) is 0 Å². The first kappa shape index (κ1) is 13.6. The summed E-state index contributed by atoms with van der Waals surface area (Å²) in [7, 11) is 0. The first-order valence-electron chi connectivity index (χ1n) is 3.74. The summed E-state index contributed by atoms with van der Waals surface area (Å²) in [5.41, 5.74) is -0.173. The van der Waals surface area contributed by atoms with E-state index in [0.29, 0.717) is 0 Å². The number of amides is 1. The van der Waals surface area contributed by atoms with Gasteiger partial charge in [0.15, 0.2) is 0 Å². The van der Waals surface area contributed by atoms with Gasteiger partial charge in [-0.2, -0.15) is 13.2 Å². The van der Waals surface area contributed by atoms with Gasteiger partial charge in [0.25, 0.3) is 0 Å². The maximum Gasteiger partial charge on any atom is 0.471 e. The third-order valence-corrected chi connectivity index (χ3v) is 2.64. The molecule has 16 heavy (non-hydrogen) atoms. The number of benzene rings is 1. The summed E-state index contributed by atoms with van der Waals surface area (Å²) < 4.78 is 36.1. The number of rotatable bonds is 1. The number of halogens is 6. The van der Waals surface area contributed by atoms with Crippen LogP contribution in [0.1, 0.15) is 0 Å². The van der Waals surface area contributed by atoms with Gasteiger partial charge in [0, 0.05) is 9.50 Å². The Morgan fingerprint density at radius 1 is 1.31 bits per heavy atom. The van der Waals surface area contributed by atoms with Gasteiger partial charge in [-0.3, -0.25) is 4.79 Å². The maximum atomic E-state index is 12.0. The van der Waals surface area contributed by atoms with Crippen LogP contribution in [-0.2, 0) is 4.79 Å². The maximum absolute atomic E-state index is 12.0. The first-order valence-corrected chi connectivity index (χ1v) is 5.29. The standard InChI is InChI=1S/C8H3BrCl2F3NO/c9-4-1-3(10)2-5(11)6(4)15-7(16)8(12,13)14/h1-2H,(H,15,16). The molecule has 0 saturated carbocycles. The lowest BCUT2D eigenvalue weighted by molar-refractivity contribution is -0.167. The smallest absolute Gasteiger partial charge is 0.316 e. The van der Waals surface area contributed by atoms with Crippen molar-refractivity contribution in [3.8, 4) is 0 Å². The monoisotopic (exact) mass is 335 g/mol. The van der Waals surface area contributed by atoms with Crippen LogP contribution in [0, 0.1) is 0 Å². The SMILES string of the molecule is O=C(Nc1c(Cl)cc(Cl)cc1Br)C(F)(F)F. The zero-order valence-corrected chi connectivity index (χ0v) is 10.4. The molecule has 1 aromatic rings.